The first-order valence-corrected chi connectivity index (χ1v) is 7.99. The minimum atomic E-state index is 0.380. The molecule has 0 spiro atoms. The van der Waals surface area contributed by atoms with E-state index in [1.807, 2.05) is 0 Å². The number of nitrogens with two attached hydrogens (primary N) is 1. The van der Waals surface area contributed by atoms with Crippen LogP contribution in [0.1, 0.15) is 55.0 Å². The molecule has 1 aliphatic heterocycles. The zero-order valence-corrected chi connectivity index (χ0v) is 13.7. The number of hydrogen-bond donors (Lipinski definition) is 1. The fourth-order valence-electron chi connectivity index (χ4n) is 4.05. The Morgan fingerprint density at radius 1 is 1.20 bits per heavy atom. The van der Waals surface area contributed by atoms with E-state index in [0.717, 1.165) is 0 Å². The highest BCUT2D eigenvalue weighted by molar-refractivity contribution is 5.40. The van der Waals surface area contributed by atoms with Gasteiger partial charge in [0.05, 0.1) is 0 Å². The van der Waals surface area contributed by atoms with Crippen LogP contribution in [0.25, 0.3) is 0 Å². The molecule has 1 fully saturated rings. The summed E-state index contributed by atoms with van der Waals surface area (Å²) in [5.74, 6) is 0.706. The summed E-state index contributed by atoms with van der Waals surface area (Å²) < 4.78 is 0. The van der Waals surface area contributed by atoms with E-state index in [0.29, 0.717) is 24.5 Å². The Morgan fingerprint density at radius 2 is 1.80 bits per heavy atom. The molecule has 1 aromatic rings. The first-order chi connectivity index (χ1) is 9.45. The van der Waals surface area contributed by atoms with E-state index in [2.05, 4.69) is 51.7 Å². The molecular formula is C18H30N2. The first kappa shape index (κ1) is 15.5. The zero-order chi connectivity index (χ0) is 14.9. The monoisotopic (exact) mass is 274 g/mol. The fourth-order valence-corrected chi connectivity index (χ4v) is 4.05. The Bertz CT molecular complexity index is 441. The van der Waals surface area contributed by atoms with Crippen molar-refractivity contribution >= 4 is 0 Å². The largest absolute Gasteiger partial charge is 0.329 e. The number of benzene rings is 1. The van der Waals surface area contributed by atoms with Crippen molar-refractivity contribution in [2.45, 2.75) is 59.5 Å². The first-order valence-electron chi connectivity index (χ1n) is 7.99. The molecule has 0 saturated carbocycles. The second-order valence-electron chi connectivity index (χ2n) is 6.76. The minimum Gasteiger partial charge on any atom is -0.329 e. The highest BCUT2D eigenvalue weighted by Crippen LogP contribution is 2.35. The number of likely N-dealkylation sites (tertiary alicyclic amines) is 1. The summed E-state index contributed by atoms with van der Waals surface area (Å²) in [7, 11) is 0. The Morgan fingerprint density at radius 3 is 2.30 bits per heavy atom. The highest BCUT2D eigenvalue weighted by atomic mass is 15.2. The summed E-state index contributed by atoms with van der Waals surface area (Å²) >= 11 is 0. The molecule has 2 nitrogen and oxygen atoms in total. The molecule has 1 aromatic carbocycles. The highest BCUT2D eigenvalue weighted by Gasteiger charge is 2.33. The van der Waals surface area contributed by atoms with Crippen LogP contribution in [0.15, 0.2) is 12.1 Å². The fraction of sp³-hybridized carbons (Fsp3) is 0.667. The van der Waals surface area contributed by atoms with Crippen LogP contribution in [0.5, 0.6) is 0 Å². The maximum absolute atomic E-state index is 6.18. The summed E-state index contributed by atoms with van der Waals surface area (Å²) in [6, 6.07) is 5.66. The van der Waals surface area contributed by atoms with Crippen LogP contribution in [0.3, 0.4) is 0 Å². The maximum atomic E-state index is 6.18. The summed E-state index contributed by atoms with van der Waals surface area (Å²) in [6.07, 6.45) is 2.63. The van der Waals surface area contributed by atoms with Crippen molar-refractivity contribution in [1.82, 2.24) is 4.90 Å². The van der Waals surface area contributed by atoms with Crippen molar-refractivity contribution in [1.29, 1.82) is 0 Å². The van der Waals surface area contributed by atoms with Gasteiger partial charge in [0.15, 0.2) is 0 Å². The Kier molecular flexibility index (Phi) is 4.87. The Labute approximate surface area is 124 Å². The molecule has 0 amide bonds. The maximum Gasteiger partial charge on any atom is 0.0478 e. The number of nitrogens with zero attached hydrogens (tertiary/aromatic N) is 1. The topological polar surface area (TPSA) is 29.3 Å². The zero-order valence-electron chi connectivity index (χ0n) is 13.7. The lowest BCUT2D eigenvalue weighted by molar-refractivity contribution is 0.148. The van der Waals surface area contributed by atoms with Gasteiger partial charge in [-0.15, -0.1) is 0 Å². The molecule has 1 heterocycles. The molecule has 0 aliphatic carbocycles. The second kappa shape index (κ2) is 6.28. The lowest BCUT2D eigenvalue weighted by Gasteiger charge is -2.36. The van der Waals surface area contributed by atoms with Crippen molar-refractivity contribution in [2.75, 3.05) is 13.1 Å². The van der Waals surface area contributed by atoms with E-state index in [1.165, 1.54) is 41.6 Å². The molecule has 1 aliphatic rings. The SMILES string of the molecule is Cc1cc(C)c(C(CN)N2CCCC2C(C)C)c(C)c1. The molecule has 0 aromatic heterocycles. The Balaban J connectivity index is 2.38. The molecular weight excluding hydrogens is 244 g/mol. The predicted octanol–water partition coefficient (Wildman–Crippen LogP) is 3.73. The summed E-state index contributed by atoms with van der Waals surface area (Å²) in [5, 5.41) is 0. The molecule has 2 heteroatoms. The third-order valence-corrected chi connectivity index (χ3v) is 4.81. The normalized spacial score (nSPS) is 21.6. The van der Waals surface area contributed by atoms with Gasteiger partial charge in [-0.25, -0.2) is 0 Å². The van der Waals surface area contributed by atoms with Gasteiger partial charge in [-0.2, -0.15) is 0 Å². The lowest BCUT2D eigenvalue weighted by Crippen LogP contribution is -2.40. The van der Waals surface area contributed by atoms with Gasteiger partial charge < -0.3 is 5.73 Å². The molecule has 2 atom stereocenters. The van der Waals surface area contributed by atoms with Crippen molar-refractivity contribution in [3.05, 3.63) is 34.4 Å². The summed E-state index contributed by atoms with van der Waals surface area (Å²) in [5.41, 5.74) is 11.8. The smallest absolute Gasteiger partial charge is 0.0478 e. The second-order valence-corrected chi connectivity index (χ2v) is 6.76. The predicted molar refractivity (Wildman–Crippen MR) is 87.0 cm³/mol. The summed E-state index contributed by atoms with van der Waals surface area (Å²) in [4.78, 5) is 2.66. The molecule has 1 saturated heterocycles. The van der Waals surface area contributed by atoms with Crippen molar-refractivity contribution in [2.24, 2.45) is 11.7 Å². The third kappa shape index (κ3) is 2.91. The van der Waals surface area contributed by atoms with Crippen LogP contribution in [0.2, 0.25) is 0 Å². The molecule has 112 valence electrons. The number of hydrogen-bond acceptors (Lipinski definition) is 2. The van der Waals surface area contributed by atoms with Crippen LogP contribution >= 0.6 is 0 Å². The molecule has 2 N–H and O–H groups in total. The van der Waals surface area contributed by atoms with Crippen LogP contribution in [-0.4, -0.2) is 24.0 Å². The van der Waals surface area contributed by atoms with E-state index in [-0.39, 0.29) is 0 Å². The van der Waals surface area contributed by atoms with E-state index < -0.39 is 0 Å². The van der Waals surface area contributed by atoms with Gasteiger partial charge >= 0.3 is 0 Å². The van der Waals surface area contributed by atoms with Crippen LogP contribution in [0, 0.1) is 26.7 Å². The van der Waals surface area contributed by atoms with Crippen LogP contribution < -0.4 is 5.73 Å². The van der Waals surface area contributed by atoms with Crippen molar-refractivity contribution in [3.8, 4) is 0 Å². The number of aryl methyl sites for hydroxylation is 3. The van der Waals surface area contributed by atoms with E-state index >= 15 is 0 Å². The van der Waals surface area contributed by atoms with Crippen molar-refractivity contribution < 1.29 is 0 Å². The minimum absolute atomic E-state index is 0.380. The quantitative estimate of drug-likeness (QED) is 0.906. The standard InChI is InChI=1S/C18H30N2/c1-12(2)16-7-6-8-20(16)17(11-19)18-14(4)9-13(3)10-15(18)5/h9-10,12,16-17H,6-8,11,19H2,1-5H3. The van der Waals surface area contributed by atoms with Crippen LogP contribution in [-0.2, 0) is 0 Å². The van der Waals surface area contributed by atoms with Gasteiger partial charge in [-0.3, -0.25) is 4.90 Å². The summed E-state index contributed by atoms with van der Waals surface area (Å²) in [6.45, 7) is 13.2. The van der Waals surface area contributed by atoms with Crippen molar-refractivity contribution in [3.63, 3.8) is 0 Å². The molecule has 20 heavy (non-hydrogen) atoms. The average molecular weight is 274 g/mol. The van der Waals surface area contributed by atoms with Gasteiger partial charge in [0.2, 0.25) is 0 Å². The molecule has 2 unspecified atom stereocenters. The van der Waals surface area contributed by atoms with Gasteiger partial charge in [0, 0.05) is 18.6 Å². The van der Waals surface area contributed by atoms with Gasteiger partial charge in [0.1, 0.15) is 0 Å². The third-order valence-electron chi connectivity index (χ3n) is 4.81. The van der Waals surface area contributed by atoms with Gasteiger partial charge in [0.25, 0.3) is 0 Å². The lowest BCUT2D eigenvalue weighted by atomic mass is 9.91. The molecule has 0 radical (unpaired) electrons. The number of rotatable bonds is 4. The molecule has 2 rings (SSSR count). The van der Waals surface area contributed by atoms with Gasteiger partial charge in [-0.05, 0) is 62.8 Å². The van der Waals surface area contributed by atoms with Gasteiger partial charge in [-0.1, -0.05) is 31.5 Å². The van der Waals surface area contributed by atoms with E-state index in [9.17, 15) is 0 Å². The average Bonchev–Trinajstić information content (AvgIpc) is 2.82. The molecule has 0 bridgehead atoms. The van der Waals surface area contributed by atoms with Crippen LogP contribution in [0.4, 0.5) is 0 Å². The van der Waals surface area contributed by atoms with E-state index in [4.69, 9.17) is 5.73 Å². The Hall–Kier alpha value is -0.860. The van der Waals surface area contributed by atoms with E-state index in [1.54, 1.807) is 0 Å².